The molecular formula is C12H14O. The summed E-state index contributed by atoms with van der Waals surface area (Å²) in [5.74, 6) is 0.424. The van der Waals surface area contributed by atoms with Gasteiger partial charge in [0.05, 0.1) is 0 Å². The van der Waals surface area contributed by atoms with Crippen molar-refractivity contribution < 1.29 is 5.11 Å². The van der Waals surface area contributed by atoms with Crippen LogP contribution >= 0.6 is 0 Å². The summed E-state index contributed by atoms with van der Waals surface area (Å²) in [5.41, 5.74) is 3.45. The molecule has 0 aromatic heterocycles. The van der Waals surface area contributed by atoms with Crippen LogP contribution in [0.25, 0.3) is 6.08 Å². The highest BCUT2D eigenvalue weighted by atomic mass is 16.3. The number of allylic oxidation sites excluding steroid dienone is 1. The van der Waals surface area contributed by atoms with Gasteiger partial charge >= 0.3 is 0 Å². The number of benzene rings is 1. The summed E-state index contributed by atoms with van der Waals surface area (Å²) < 4.78 is 0. The number of hydrogen-bond acceptors (Lipinski definition) is 1. The first-order chi connectivity index (χ1) is 6.27. The van der Waals surface area contributed by atoms with Gasteiger partial charge in [-0.2, -0.15) is 0 Å². The van der Waals surface area contributed by atoms with Gasteiger partial charge in [-0.05, 0) is 43.4 Å². The quantitative estimate of drug-likeness (QED) is 0.641. The molecule has 0 unspecified atom stereocenters. The lowest BCUT2D eigenvalue weighted by Gasteiger charge is -2.07. The Morgan fingerprint density at radius 1 is 1.31 bits per heavy atom. The van der Waals surface area contributed by atoms with Gasteiger partial charge in [0.2, 0.25) is 0 Å². The summed E-state index contributed by atoms with van der Waals surface area (Å²) >= 11 is 0. The number of aryl methyl sites for hydroxylation is 2. The van der Waals surface area contributed by atoms with E-state index in [4.69, 9.17) is 0 Å². The number of phenols is 1. The van der Waals surface area contributed by atoms with Crippen LogP contribution in [0.3, 0.4) is 0 Å². The molecule has 0 fully saturated rings. The lowest BCUT2D eigenvalue weighted by molar-refractivity contribution is 0.473. The van der Waals surface area contributed by atoms with E-state index in [1.165, 1.54) is 12.0 Å². The van der Waals surface area contributed by atoms with Gasteiger partial charge in [-0.1, -0.05) is 18.2 Å². The minimum Gasteiger partial charge on any atom is -0.507 e. The Hall–Kier alpha value is -1.24. The molecule has 2 rings (SSSR count). The second kappa shape index (κ2) is 3.25. The monoisotopic (exact) mass is 174 g/mol. The Bertz CT molecular complexity index is 350. The van der Waals surface area contributed by atoms with Crippen LogP contribution in [0.4, 0.5) is 0 Å². The van der Waals surface area contributed by atoms with Gasteiger partial charge in [-0.3, -0.25) is 0 Å². The van der Waals surface area contributed by atoms with E-state index in [0.717, 1.165) is 24.0 Å². The molecule has 1 aliphatic rings. The second-order valence-corrected chi connectivity index (χ2v) is 3.65. The molecule has 0 bridgehead atoms. The Morgan fingerprint density at radius 3 is 3.00 bits per heavy atom. The Morgan fingerprint density at radius 2 is 2.15 bits per heavy atom. The Kier molecular flexibility index (Phi) is 2.09. The van der Waals surface area contributed by atoms with Gasteiger partial charge < -0.3 is 5.11 Å². The van der Waals surface area contributed by atoms with Crippen molar-refractivity contribution >= 4 is 6.08 Å². The van der Waals surface area contributed by atoms with E-state index >= 15 is 0 Å². The molecule has 1 heteroatoms. The van der Waals surface area contributed by atoms with Crippen molar-refractivity contribution in [1.29, 1.82) is 0 Å². The molecule has 1 aromatic carbocycles. The third-order valence-electron chi connectivity index (χ3n) is 2.49. The third-order valence-corrected chi connectivity index (χ3v) is 2.49. The molecule has 0 radical (unpaired) electrons. The van der Waals surface area contributed by atoms with Gasteiger partial charge in [0.25, 0.3) is 0 Å². The van der Waals surface area contributed by atoms with Crippen LogP contribution in [0, 0.1) is 6.92 Å². The van der Waals surface area contributed by atoms with Crippen LogP contribution < -0.4 is 0 Å². The van der Waals surface area contributed by atoms with Crippen LogP contribution in [0.1, 0.15) is 29.5 Å². The lowest BCUT2D eigenvalue weighted by Crippen LogP contribution is -1.89. The highest BCUT2D eigenvalue weighted by molar-refractivity contribution is 5.62. The van der Waals surface area contributed by atoms with Crippen molar-refractivity contribution in [2.24, 2.45) is 0 Å². The van der Waals surface area contributed by atoms with Gasteiger partial charge in [0.1, 0.15) is 5.75 Å². The van der Waals surface area contributed by atoms with E-state index in [9.17, 15) is 5.11 Å². The van der Waals surface area contributed by atoms with E-state index in [2.05, 4.69) is 12.1 Å². The maximum atomic E-state index is 9.71. The summed E-state index contributed by atoms with van der Waals surface area (Å²) in [6.07, 6.45) is 7.56. The maximum absolute atomic E-state index is 9.71. The number of aromatic hydroxyl groups is 1. The van der Waals surface area contributed by atoms with Gasteiger partial charge in [0, 0.05) is 5.56 Å². The van der Waals surface area contributed by atoms with Crippen molar-refractivity contribution in [2.75, 3.05) is 0 Å². The normalized spacial score (nSPS) is 15.2. The predicted molar refractivity (Wildman–Crippen MR) is 54.8 cm³/mol. The fraction of sp³-hybridized carbons (Fsp3) is 0.333. The summed E-state index contributed by atoms with van der Waals surface area (Å²) in [4.78, 5) is 0. The van der Waals surface area contributed by atoms with E-state index in [-0.39, 0.29) is 0 Å². The fourth-order valence-electron chi connectivity index (χ4n) is 1.86. The standard InChI is InChI=1S/C12H14O/c1-9-7-10-5-3-2-4-6-11(10)12(13)8-9/h4,6-8,13H,2-3,5H2,1H3. The third kappa shape index (κ3) is 1.59. The molecule has 1 aliphatic carbocycles. The first-order valence-electron chi connectivity index (χ1n) is 4.76. The number of fused-ring (bicyclic) bond motifs is 1. The van der Waals surface area contributed by atoms with Gasteiger partial charge in [0.15, 0.2) is 0 Å². The van der Waals surface area contributed by atoms with Crippen LogP contribution in [0.2, 0.25) is 0 Å². The van der Waals surface area contributed by atoms with Crippen molar-refractivity contribution in [3.05, 3.63) is 34.9 Å². The smallest absolute Gasteiger partial charge is 0.123 e. The van der Waals surface area contributed by atoms with Crippen LogP contribution in [0.15, 0.2) is 18.2 Å². The average Bonchev–Trinajstić information content (AvgIpc) is 2.28. The van der Waals surface area contributed by atoms with Crippen molar-refractivity contribution in [2.45, 2.75) is 26.2 Å². The zero-order valence-electron chi connectivity index (χ0n) is 7.88. The van der Waals surface area contributed by atoms with Gasteiger partial charge in [-0.15, -0.1) is 0 Å². The van der Waals surface area contributed by atoms with Crippen LogP contribution in [0.5, 0.6) is 5.75 Å². The fourth-order valence-corrected chi connectivity index (χ4v) is 1.86. The SMILES string of the molecule is Cc1cc(O)c2c(c1)CCCC=C2. The van der Waals surface area contributed by atoms with E-state index in [0.29, 0.717) is 5.75 Å². The summed E-state index contributed by atoms with van der Waals surface area (Å²) in [7, 11) is 0. The molecular weight excluding hydrogens is 160 g/mol. The van der Waals surface area contributed by atoms with Gasteiger partial charge in [-0.25, -0.2) is 0 Å². The number of rotatable bonds is 0. The van der Waals surface area contributed by atoms with Crippen molar-refractivity contribution in [3.63, 3.8) is 0 Å². The molecule has 0 atom stereocenters. The number of hydrogen-bond donors (Lipinski definition) is 1. The molecule has 0 aliphatic heterocycles. The minimum absolute atomic E-state index is 0.424. The molecule has 0 spiro atoms. The molecule has 68 valence electrons. The highest BCUT2D eigenvalue weighted by Crippen LogP contribution is 2.28. The highest BCUT2D eigenvalue weighted by Gasteiger charge is 2.08. The zero-order chi connectivity index (χ0) is 9.26. The molecule has 1 nitrogen and oxygen atoms in total. The summed E-state index contributed by atoms with van der Waals surface area (Å²) in [5, 5.41) is 9.71. The van der Waals surface area contributed by atoms with E-state index in [1.807, 2.05) is 19.1 Å². The molecule has 1 aromatic rings. The summed E-state index contributed by atoms with van der Waals surface area (Å²) in [6, 6.07) is 4.00. The lowest BCUT2D eigenvalue weighted by atomic mass is 10.0. The topological polar surface area (TPSA) is 20.2 Å². The molecule has 0 amide bonds. The predicted octanol–water partition coefficient (Wildman–Crippen LogP) is 3.05. The Balaban J connectivity index is 2.57. The number of phenolic OH excluding ortho intramolecular Hbond substituents is 1. The molecule has 0 saturated carbocycles. The minimum atomic E-state index is 0.424. The second-order valence-electron chi connectivity index (χ2n) is 3.65. The molecule has 1 N–H and O–H groups in total. The van der Waals surface area contributed by atoms with Crippen molar-refractivity contribution in [3.8, 4) is 5.75 Å². The Labute approximate surface area is 78.7 Å². The molecule has 13 heavy (non-hydrogen) atoms. The first-order valence-corrected chi connectivity index (χ1v) is 4.76. The van der Waals surface area contributed by atoms with E-state index in [1.54, 1.807) is 0 Å². The molecule has 0 saturated heterocycles. The summed E-state index contributed by atoms with van der Waals surface area (Å²) in [6.45, 7) is 2.02. The van der Waals surface area contributed by atoms with Crippen LogP contribution in [-0.2, 0) is 6.42 Å². The molecule has 0 heterocycles. The first kappa shape index (κ1) is 8.36. The zero-order valence-corrected chi connectivity index (χ0v) is 7.88. The van der Waals surface area contributed by atoms with Crippen LogP contribution in [-0.4, -0.2) is 5.11 Å². The van der Waals surface area contributed by atoms with Crippen molar-refractivity contribution in [1.82, 2.24) is 0 Å². The average molecular weight is 174 g/mol. The van der Waals surface area contributed by atoms with E-state index < -0.39 is 0 Å². The maximum Gasteiger partial charge on any atom is 0.123 e. The largest absolute Gasteiger partial charge is 0.507 e.